The van der Waals surface area contributed by atoms with Crippen LogP contribution in [0.2, 0.25) is 0 Å². The van der Waals surface area contributed by atoms with E-state index in [1.54, 1.807) is 16.9 Å². The Balaban J connectivity index is 1.67. The summed E-state index contributed by atoms with van der Waals surface area (Å²) in [4.78, 5) is 27.7. The first-order chi connectivity index (χ1) is 16.1. The Morgan fingerprint density at radius 1 is 1.03 bits per heavy atom. The molecule has 0 radical (unpaired) electrons. The lowest BCUT2D eigenvalue weighted by atomic mass is 9.96. The van der Waals surface area contributed by atoms with Gasteiger partial charge >= 0.3 is 0 Å². The van der Waals surface area contributed by atoms with E-state index in [1.807, 2.05) is 38.1 Å². The highest BCUT2D eigenvalue weighted by molar-refractivity contribution is 7.17. The third-order valence-corrected chi connectivity index (χ3v) is 6.97. The van der Waals surface area contributed by atoms with Crippen molar-refractivity contribution in [2.75, 3.05) is 17.2 Å². The first kappa shape index (κ1) is 23.0. The van der Waals surface area contributed by atoms with Crippen LogP contribution in [0.1, 0.15) is 70.8 Å². The monoisotopic (exact) mass is 466 g/mol. The summed E-state index contributed by atoms with van der Waals surface area (Å²) in [6.45, 7) is 5.07. The van der Waals surface area contributed by atoms with Crippen molar-refractivity contribution in [3.63, 3.8) is 0 Å². The topological polar surface area (TPSA) is 85.3 Å². The molecule has 0 fully saturated rings. The number of hydrogen-bond acceptors (Lipinski definition) is 5. The molecule has 0 unspecified atom stereocenters. The molecule has 0 aliphatic heterocycles. The van der Waals surface area contributed by atoms with E-state index in [9.17, 15) is 9.59 Å². The SMILES string of the molecule is CCOc1ccccc1NC(=O)c1c(NC(=O)c2ccn(CC)n2)sc2c1CCCCCC2. The molecule has 0 atom stereocenters. The number of carbonyl (C=O) groups excluding carboxylic acids is 2. The van der Waals surface area contributed by atoms with Crippen molar-refractivity contribution in [1.29, 1.82) is 0 Å². The molecule has 0 saturated heterocycles. The van der Waals surface area contributed by atoms with Crippen molar-refractivity contribution < 1.29 is 14.3 Å². The van der Waals surface area contributed by atoms with Gasteiger partial charge in [-0.25, -0.2) is 0 Å². The molecule has 3 aromatic rings. The number of carbonyl (C=O) groups is 2. The highest BCUT2D eigenvalue weighted by Gasteiger charge is 2.26. The smallest absolute Gasteiger partial charge is 0.276 e. The second-order valence-electron chi connectivity index (χ2n) is 8.02. The molecule has 0 spiro atoms. The molecule has 174 valence electrons. The molecule has 7 nitrogen and oxygen atoms in total. The first-order valence-electron chi connectivity index (χ1n) is 11.6. The van der Waals surface area contributed by atoms with Crippen LogP contribution in [0.25, 0.3) is 0 Å². The molecule has 8 heteroatoms. The minimum absolute atomic E-state index is 0.227. The van der Waals surface area contributed by atoms with Gasteiger partial charge in [-0.1, -0.05) is 25.0 Å². The van der Waals surface area contributed by atoms with Gasteiger partial charge < -0.3 is 15.4 Å². The summed E-state index contributed by atoms with van der Waals surface area (Å²) in [5.41, 5.74) is 2.58. The molecular weight excluding hydrogens is 436 g/mol. The number of amides is 2. The van der Waals surface area contributed by atoms with Gasteiger partial charge in [0.2, 0.25) is 0 Å². The number of aryl methyl sites for hydroxylation is 2. The van der Waals surface area contributed by atoms with E-state index < -0.39 is 0 Å². The summed E-state index contributed by atoms with van der Waals surface area (Å²) in [5.74, 6) is 0.0944. The van der Waals surface area contributed by atoms with Crippen molar-refractivity contribution in [2.24, 2.45) is 0 Å². The highest BCUT2D eigenvalue weighted by atomic mass is 32.1. The maximum absolute atomic E-state index is 13.6. The maximum atomic E-state index is 13.6. The zero-order valence-electron chi connectivity index (χ0n) is 19.1. The van der Waals surface area contributed by atoms with Crippen LogP contribution in [0, 0.1) is 0 Å². The molecule has 33 heavy (non-hydrogen) atoms. The molecule has 0 bridgehead atoms. The van der Waals surface area contributed by atoms with Crippen molar-refractivity contribution >= 4 is 33.8 Å². The minimum atomic E-state index is -0.305. The Labute approximate surface area is 198 Å². The summed E-state index contributed by atoms with van der Waals surface area (Å²) in [7, 11) is 0. The summed E-state index contributed by atoms with van der Waals surface area (Å²) in [5, 5.41) is 10.9. The van der Waals surface area contributed by atoms with Gasteiger partial charge in [-0.05, 0) is 63.3 Å². The third-order valence-electron chi connectivity index (χ3n) is 5.76. The Morgan fingerprint density at radius 2 is 1.82 bits per heavy atom. The van der Waals surface area contributed by atoms with Crippen LogP contribution in [-0.4, -0.2) is 28.2 Å². The molecule has 1 aliphatic carbocycles. The van der Waals surface area contributed by atoms with Crippen LogP contribution >= 0.6 is 11.3 Å². The number of para-hydroxylation sites is 2. The highest BCUT2D eigenvalue weighted by Crippen LogP contribution is 2.38. The quantitative estimate of drug-likeness (QED) is 0.480. The number of fused-ring (bicyclic) bond motifs is 1. The summed E-state index contributed by atoms with van der Waals surface area (Å²) < 4.78 is 7.39. The van der Waals surface area contributed by atoms with Gasteiger partial charge in [0.1, 0.15) is 10.8 Å². The lowest BCUT2D eigenvalue weighted by molar-refractivity contribution is 0.102. The van der Waals surface area contributed by atoms with Gasteiger partial charge in [0.15, 0.2) is 5.69 Å². The molecule has 4 rings (SSSR count). The fraction of sp³-hybridized carbons (Fsp3) is 0.400. The average Bonchev–Trinajstić information content (AvgIpc) is 3.40. The molecule has 2 N–H and O–H groups in total. The van der Waals surface area contributed by atoms with Crippen molar-refractivity contribution in [3.05, 3.63) is 58.2 Å². The number of anilines is 2. The van der Waals surface area contributed by atoms with E-state index in [1.165, 1.54) is 22.6 Å². The van der Waals surface area contributed by atoms with E-state index in [0.29, 0.717) is 40.8 Å². The molecule has 2 aromatic heterocycles. The Morgan fingerprint density at radius 3 is 2.58 bits per heavy atom. The Kier molecular flexibility index (Phi) is 7.44. The van der Waals surface area contributed by atoms with Crippen LogP contribution in [0.5, 0.6) is 5.75 Å². The number of aromatic nitrogens is 2. The van der Waals surface area contributed by atoms with E-state index >= 15 is 0 Å². The van der Waals surface area contributed by atoms with E-state index in [-0.39, 0.29) is 11.8 Å². The molecule has 1 aromatic carbocycles. The summed E-state index contributed by atoms with van der Waals surface area (Å²) in [6, 6.07) is 9.10. The number of nitrogens with zero attached hydrogens (tertiary/aromatic N) is 2. The molecular formula is C25H30N4O3S. The first-order valence-corrected chi connectivity index (χ1v) is 12.4. The van der Waals surface area contributed by atoms with Gasteiger partial charge in [0.05, 0.1) is 17.9 Å². The number of rotatable bonds is 7. The molecule has 2 amide bonds. The minimum Gasteiger partial charge on any atom is -0.492 e. The second kappa shape index (κ2) is 10.7. The predicted molar refractivity (Wildman–Crippen MR) is 132 cm³/mol. The number of thiophene rings is 1. The van der Waals surface area contributed by atoms with Crippen molar-refractivity contribution in [1.82, 2.24) is 9.78 Å². The fourth-order valence-electron chi connectivity index (χ4n) is 4.11. The average molecular weight is 467 g/mol. The summed E-state index contributed by atoms with van der Waals surface area (Å²) in [6.07, 6.45) is 8.01. The van der Waals surface area contributed by atoms with Gasteiger partial charge in [-0.3, -0.25) is 14.3 Å². The standard InChI is InChI=1S/C25H30N4O3S/c1-3-29-16-15-19(28-29)23(30)27-25-22(17-11-7-5-6-8-14-21(17)33-25)24(31)26-18-12-9-10-13-20(18)32-4-2/h9-10,12-13,15-16H,3-8,11,14H2,1-2H3,(H,26,31)(H,27,30). The lowest BCUT2D eigenvalue weighted by Gasteiger charge is -2.14. The van der Waals surface area contributed by atoms with E-state index in [2.05, 4.69) is 15.7 Å². The fourth-order valence-corrected chi connectivity index (χ4v) is 5.39. The number of hydrogen-bond donors (Lipinski definition) is 2. The number of ether oxygens (including phenoxy) is 1. The molecule has 1 aliphatic rings. The van der Waals surface area contributed by atoms with Crippen LogP contribution < -0.4 is 15.4 Å². The summed E-state index contributed by atoms with van der Waals surface area (Å²) >= 11 is 1.51. The predicted octanol–water partition coefficient (Wildman–Crippen LogP) is 5.53. The van der Waals surface area contributed by atoms with Gasteiger partial charge in [-0.15, -0.1) is 11.3 Å². The molecule has 2 heterocycles. The third kappa shape index (κ3) is 5.27. The zero-order valence-corrected chi connectivity index (χ0v) is 20.0. The maximum Gasteiger partial charge on any atom is 0.276 e. The lowest BCUT2D eigenvalue weighted by Crippen LogP contribution is -2.19. The van der Waals surface area contributed by atoms with E-state index in [4.69, 9.17) is 4.74 Å². The Bertz CT molecular complexity index is 1130. The normalized spacial score (nSPS) is 13.5. The van der Waals surface area contributed by atoms with Crippen molar-refractivity contribution in [2.45, 2.75) is 58.9 Å². The van der Waals surface area contributed by atoms with E-state index in [0.717, 1.165) is 37.7 Å². The van der Waals surface area contributed by atoms with Gasteiger partial charge in [0, 0.05) is 17.6 Å². The van der Waals surface area contributed by atoms with Crippen LogP contribution in [0.4, 0.5) is 10.7 Å². The van der Waals surface area contributed by atoms with Crippen LogP contribution in [0.15, 0.2) is 36.5 Å². The van der Waals surface area contributed by atoms with Crippen molar-refractivity contribution in [3.8, 4) is 5.75 Å². The molecule has 0 saturated carbocycles. The number of nitrogens with one attached hydrogen (secondary N) is 2. The Hall–Kier alpha value is -3.13. The second-order valence-corrected chi connectivity index (χ2v) is 9.12. The van der Waals surface area contributed by atoms with Gasteiger partial charge in [0.25, 0.3) is 11.8 Å². The van der Waals surface area contributed by atoms with Crippen LogP contribution in [-0.2, 0) is 19.4 Å². The number of benzene rings is 1. The van der Waals surface area contributed by atoms with Gasteiger partial charge in [-0.2, -0.15) is 5.10 Å². The van der Waals surface area contributed by atoms with Crippen LogP contribution in [0.3, 0.4) is 0 Å². The largest absolute Gasteiger partial charge is 0.492 e. The zero-order chi connectivity index (χ0) is 23.2.